The van der Waals surface area contributed by atoms with Crippen molar-refractivity contribution < 1.29 is 17.3 Å². The van der Waals surface area contributed by atoms with Crippen LogP contribution in [0.3, 0.4) is 0 Å². The third kappa shape index (κ3) is 5.09. The van der Waals surface area contributed by atoms with Gasteiger partial charge in [0.1, 0.15) is 6.10 Å². The van der Waals surface area contributed by atoms with Crippen LogP contribution in [-0.2, 0) is 19.0 Å². The molecule has 0 radical (unpaired) electrons. The Kier molecular flexibility index (Phi) is 5.79. The van der Waals surface area contributed by atoms with Crippen molar-refractivity contribution in [2.75, 3.05) is 6.61 Å². The highest BCUT2D eigenvalue weighted by Gasteiger charge is 2.39. The molecule has 0 unspecified atom stereocenters. The lowest BCUT2D eigenvalue weighted by atomic mass is 10.1. The first-order valence-corrected chi connectivity index (χ1v) is 9.05. The van der Waals surface area contributed by atoms with Gasteiger partial charge in [0, 0.05) is 0 Å². The average molecular weight is 312 g/mol. The zero-order valence-corrected chi connectivity index (χ0v) is 13.6. The Balaban J connectivity index is 1.72. The van der Waals surface area contributed by atoms with Crippen LogP contribution in [0.1, 0.15) is 44.6 Å². The molecule has 1 heterocycles. The highest BCUT2D eigenvalue weighted by atomic mass is 32.2. The maximum Gasteiger partial charge on any atom is 0.297 e. The van der Waals surface area contributed by atoms with Crippen LogP contribution < -0.4 is 0 Å². The van der Waals surface area contributed by atoms with Crippen molar-refractivity contribution in [3.8, 4) is 0 Å². The van der Waals surface area contributed by atoms with Crippen LogP contribution in [0, 0.1) is 6.92 Å². The molecular weight excluding hydrogens is 288 g/mol. The zero-order valence-electron chi connectivity index (χ0n) is 12.7. The van der Waals surface area contributed by atoms with Crippen LogP contribution in [0.5, 0.6) is 0 Å². The van der Waals surface area contributed by atoms with E-state index in [2.05, 4.69) is 6.92 Å². The molecule has 118 valence electrons. The molecule has 1 aliphatic heterocycles. The molecular formula is C16H24O4S. The Labute approximate surface area is 127 Å². The van der Waals surface area contributed by atoms with Gasteiger partial charge < -0.3 is 4.74 Å². The molecule has 0 aromatic heterocycles. The van der Waals surface area contributed by atoms with Gasteiger partial charge in [-0.05, 0) is 25.5 Å². The van der Waals surface area contributed by atoms with Crippen LogP contribution >= 0.6 is 0 Å². The predicted octanol–water partition coefficient (Wildman–Crippen LogP) is 3.44. The molecule has 5 heteroatoms. The fraction of sp³-hybridized carbons (Fsp3) is 0.625. The van der Waals surface area contributed by atoms with Crippen molar-refractivity contribution in [3.05, 3.63) is 29.8 Å². The van der Waals surface area contributed by atoms with E-state index in [0.29, 0.717) is 0 Å². The lowest BCUT2D eigenvalue weighted by Crippen LogP contribution is -2.12. The van der Waals surface area contributed by atoms with Gasteiger partial charge in [0.2, 0.25) is 0 Å². The van der Waals surface area contributed by atoms with Gasteiger partial charge in [0.15, 0.2) is 0 Å². The SMILES string of the molecule is CCCCCC[C@H]1O[C@@H]1COS(=O)(=O)c1ccc(C)cc1. The van der Waals surface area contributed by atoms with Crippen LogP contribution in [-0.4, -0.2) is 27.2 Å². The quantitative estimate of drug-likeness (QED) is 0.398. The second kappa shape index (κ2) is 7.38. The number of unbranched alkanes of at least 4 members (excludes halogenated alkanes) is 3. The van der Waals surface area contributed by atoms with E-state index in [1.807, 2.05) is 6.92 Å². The van der Waals surface area contributed by atoms with Crippen LogP contribution in [0.2, 0.25) is 0 Å². The van der Waals surface area contributed by atoms with Gasteiger partial charge >= 0.3 is 0 Å². The number of epoxide rings is 1. The van der Waals surface area contributed by atoms with E-state index >= 15 is 0 Å². The number of ether oxygens (including phenoxy) is 1. The number of hydrogen-bond acceptors (Lipinski definition) is 4. The van der Waals surface area contributed by atoms with Gasteiger partial charge in [-0.25, -0.2) is 0 Å². The van der Waals surface area contributed by atoms with E-state index in [9.17, 15) is 8.42 Å². The molecule has 1 saturated heterocycles. The standard InChI is InChI=1S/C16H24O4S/c1-3-4-5-6-7-15-16(20-15)12-19-21(17,18)14-10-8-13(2)9-11-14/h8-11,15-16H,3-7,12H2,1-2H3/t15-,16-/m1/s1. The lowest BCUT2D eigenvalue weighted by molar-refractivity contribution is 0.262. The van der Waals surface area contributed by atoms with Crippen LogP contribution in [0.4, 0.5) is 0 Å². The second-order valence-corrected chi connectivity index (χ2v) is 7.23. The lowest BCUT2D eigenvalue weighted by Gasteiger charge is -2.04. The minimum absolute atomic E-state index is 0.0631. The highest BCUT2D eigenvalue weighted by Crippen LogP contribution is 2.28. The average Bonchev–Trinajstić information content (AvgIpc) is 3.21. The molecule has 1 aromatic carbocycles. The van der Waals surface area contributed by atoms with Crippen molar-refractivity contribution in [1.29, 1.82) is 0 Å². The molecule has 21 heavy (non-hydrogen) atoms. The van der Waals surface area contributed by atoms with E-state index in [4.69, 9.17) is 8.92 Å². The summed E-state index contributed by atoms with van der Waals surface area (Å²) in [5.41, 5.74) is 1.02. The molecule has 0 amide bonds. The largest absolute Gasteiger partial charge is 0.367 e. The molecule has 0 saturated carbocycles. The molecule has 1 fully saturated rings. The van der Waals surface area contributed by atoms with Crippen LogP contribution in [0.15, 0.2) is 29.2 Å². The van der Waals surface area contributed by atoms with Crippen molar-refractivity contribution in [3.63, 3.8) is 0 Å². The van der Waals surface area contributed by atoms with Gasteiger partial charge in [-0.1, -0.05) is 50.3 Å². The topological polar surface area (TPSA) is 55.9 Å². The van der Waals surface area contributed by atoms with Gasteiger partial charge in [-0.3, -0.25) is 4.18 Å². The molecule has 1 aromatic rings. The van der Waals surface area contributed by atoms with Crippen molar-refractivity contribution >= 4 is 10.1 Å². The minimum Gasteiger partial charge on any atom is -0.367 e. The summed E-state index contributed by atoms with van der Waals surface area (Å²) in [5.74, 6) is 0. The maximum absolute atomic E-state index is 12.0. The fourth-order valence-corrected chi connectivity index (χ4v) is 3.20. The summed E-state index contributed by atoms with van der Waals surface area (Å²) < 4.78 is 34.6. The van der Waals surface area contributed by atoms with Crippen molar-refractivity contribution in [1.82, 2.24) is 0 Å². The van der Waals surface area contributed by atoms with E-state index in [1.54, 1.807) is 24.3 Å². The molecule has 2 atom stereocenters. The first-order valence-electron chi connectivity index (χ1n) is 7.64. The molecule has 4 nitrogen and oxygen atoms in total. The number of benzene rings is 1. The molecule has 0 N–H and O–H groups in total. The summed E-state index contributed by atoms with van der Waals surface area (Å²) in [6, 6.07) is 6.67. The van der Waals surface area contributed by atoms with Crippen LogP contribution in [0.25, 0.3) is 0 Å². The summed E-state index contributed by atoms with van der Waals surface area (Å²) in [6.07, 6.45) is 5.92. The predicted molar refractivity (Wildman–Crippen MR) is 81.7 cm³/mol. The zero-order chi connectivity index (χ0) is 15.3. The van der Waals surface area contributed by atoms with Gasteiger partial charge in [-0.2, -0.15) is 8.42 Å². The van der Waals surface area contributed by atoms with Gasteiger partial charge in [0.05, 0.1) is 17.6 Å². The molecule has 0 spiro atoms. The van der Waals surface area contributed by atoms with E-state index < -0.39 is 10.1 Å². The summed E-state index contributed by atoms with van der Waals surface area (Å²) in [7, 11) is -3.66. The van der Waals surface area contributed by atoms with Crippen molar-refractivity contribution in [2.45, 2.75) is 63.1 Å². The summed E-state index contributed by atoms with van der Waals surface area (Å²) in [4.78, 5) is 0.202. The normalized spacial score (nSPS) is 21.4. The smallest absolute Gasteiger partial charge is 0.297 e. The summed E-state index contributed by atoms with van der Waals surface area (Å²) >= 11 is 0. The molecule has 1 aliphatic rings. The van der Waals surface area contributed by atoms with E-state index in [1.165, 1.54) is 19.3 Å². The number of aryl methyl sites for hydroxylation is 1. The summed E-state index contributed by atoms with van der Waals surface area (Å²) in [6.45, 7) is 4.22. The second-order valence-electron chi connectivity index (χ2n) is 5.61. The third-order valence-electron chi connectivity index (χ3n) is 3.73. The Bertz CT molecular complexity index is 536. The van der Waals surface area contributed by atoms with Crippen molar-refractivity contribution in [2.24, 2.45) is 0 Å². The number of rotatable bonds is 9. The monoisotopic (exact) mass is 312 g/mol. The number of hydrogen-bond donors (Lipinski definition) is 0. The fourth-order valence-electron chi connectivity index (χ4n) is 2.28. The molecule has 0 bridgehead atoms. The Morgan fingerprint density at radius 3 is 2.48 bits per heavy atom. The molecule has 0 aliphatic carbocycles. The van der Waals surface area contributed by atoms with Gasteiger partial charge in [0.25, 0.3) is 10.1 Å². The third-order valence-corrected chi connectivity index (χ3v) is 5.02. The highest BCUT2D eigenvalue weighted by molar-refractivity contribution is 7.86. The Morgan fingerprint density at radius 1 is 1.10 bits per heavy atom. The first kappa shape index (κ1) is 16.5. The Morgan fingerprint density at radius 2 is 1.81 bits per heavy atom. The maximum atomic E-state index is 12.0. The minimum atomic E-state index is -3.66. The Hall–Kier alpha value is -0.910. The van der Waals surface area contributed by atoms with Gasteiger partial charge in [-0.15, -0.1) is 0 Å². The van der Waals surface area contributed by atoms with E-state index in [0.717, 1.165) is 18.4 Å². The summed E-state index contributed by atoms with van der Waals surface area (Å²) in [5, 5.41) is 0. The first-order chi connectivity index (χ1) is 10.0. The molecule has 2 rings (SSSR count). The van der Waals surface area contributed by atoms with E-state index in [-0.39, 0.29) is 23.7 Å².